The van der Waals surface area contributed by atoms with E-state index in [1.165, 1.54) is 12.8 Å². The van der Waals surface area contributed by atoms with Gasteiger partial charge in [-0.15, -0.1) is 0 Å². The largest absolute Gasteiger partial charge is 0.497 e. The van der Waals surface area contributed by atoms with E-state index in [0.717, 1.165) is 19.4 Å². The second-order valence-electron chi connectivity index (χ2n) is 7.03. The minimum Gasteiger partial charge on any atom is -0.497 e. The lowest BCUT2D eigenvalue weighted by molar-refractivity contribution is -0.139. The molecule has 1 aromatic carbocycles. The van der Waals surface area contributed by atoms with Crippen LogP contribution in [0.25, 0.3) is 0 Å². The maximum Gasteiger partial charge on any atom is 0.319 e. The van der Waals surface area contributed by atoms with Crippen molar-refractivity contribution in [3.8, 4) is 5.75 Å². The van der Waals surface area contributed by atoms with Gasteiger partial charge in [-0.3, -0.25) is 9.69 Å². The lowest BCUT2D eigenvalue weighted by Gasteiger charge is -2.42. The van der Waals surface area contributed by atoms with Gasteiger partial charge in [-0.1, -0.05) is 11.6 Å². The van der Waals surface area contributed by atoms with E-state index < -0.39 is 5.97 Å². The zero-order valence-corrected chi connectivity index (χ0v) is 15.5. The number of nitrogens with zero attached hydrogens (tertiary/aromatic N) is 1. The Labute approximate surface area is 157 Å². The van der Waals surface area contributed by atoms with E-state index in [-0.39, 0.29) is 24.7 Å². The number of rotatable bonds is 8. The molecule has 2 fully saturated rings. The number of hydrogen-bond donors (Lipinski definition) is 3. The number of carboxylic acids is 1. The Bertz CT molecular complexity index is 674. The van der Waals surface area contributed by atoms with Gasteiger partial charge >= 0.3 is 12.0 Å². The summed E-state index contributed by atoms with van der Waals surface area (Å²) in [4.78, 5) is 25.3. The summed E-state index contributed by atoms with van der Waals surface area (Å²) in [5.74, 6) is 0.449. The topological polar surface area (TPSA) is 90.9 Å². The Morgan fingerprint density at radius 2 is 2.08 bits per heavy atom. The summed E-state index contributed by atoms with van der Waals surface area (Å²) in [6.07, 6.45) is 3.90. The molecule has 0 saturated heterocycles. The van der Waals surface area contributed by atoms with Gasteiger partial charge in [-0.05, 0) is 43.7 Å². The van der Waals surface area contributed by atoms with Gasteiger partial charge in [0, 0.05) is 24.7 Å². The number of ether oxygens (including phenoxy) is 1. The summed E-state index contributed by atoms with van der Waals surface area (Å²) in [6, 6.07) is 4.99. The minimum atomic E-state index is -0.799. The fourth-order valence-corrected chi connectivity index (χ4v) is 3.39. The number of carboxylic acid groups (broad SMARTS) is 1. The highest BCUT2D eigenvalue weighted by Crippen LogP contribution is 2.34. The Morgan fingerprint density at radius 3 is 2.69 bits per heavy atom. The van der Waals surface area contributed by atoms with Gasteiger partial charge in [0.15, 0.2) is 0 Å². The molecule has 0 aromatic heterocycles. The first kappa shape index (κ1) is 18.8. The SMILES string of the molecule is COc1ccc(Cl)c(NC(=O)NC2CC(N(CC(=O)O)CC3CC3)C2)c1. The quantitative estimate of drug-likeness (QED) is 0.644. The molecule has 142 valence electrons. The molecule has 26 heavy (non-hydrogen) atoms. The van der Waals surface area contributed by atoms with E-state index in [1.54, 1.807) is 25.3 Å². The molecule has 0 heterocycles. The molecule has 3 rings (SSSR count). The number of carbonyl (C=O) groups is 2. The van der Waals surface area contributed by atoms with Crippen LogP contribution in [0.2, 0.25) is 5.02 Å². The minimum absolute atomic E-state index is 0.0416. The number of anilines is 1. The maximum absolute atomic E-state index is 12.2. The summed E-state index contributed by atoms with van der Waals surface area (Å²) < 4.78 is 5.13. The van der Waals surface area contributed by atoms with Crippen molar-refractivity contribution in [2.24, 2.45) is 5.92 Å². The Kier molecular flexibility index (Phi) is 5.88. The van der Waals surface area contributed by atoms with E-state index in [1.807, 2.05) is 4.90 Å². The predicted molar refractivity (Wildman–Crippen MR) is 98.9 cm³/mol. The molecule has 2 aliphatic rings. The third-order valence-electron chi connectivity index (χ3n) is 4.91. The normalized spacial score (nSPS) is 21.8. The number of aliphatic carboxylic acids is 1. The monoisotopic (exact) mass is 381 g/mol. The Morgan fingerprint density at radius 1 is 1.35 bits per heavy atom. The third-order valence-corrected chi connectivity index (χ3v) is 5.24. The van der Waals surface area contributed by atoms with Crippen LogP contribution in [0.3, 0.4) is 0 Å². The molecule has 3 N–H and O–H groups in total. The van der Waals surface area contributed by atoms with Crippen LogP contribution in [0.15, 0.2) is 18.2 Å². The van der Waals surface area contributed by atoms with Crippen molar-refractivity contribution in [2.75, 3.05) is 25.5 Å². The smallest absolute Gasteiger partial charge is 0.319 e. The van der Waals surface area contributed by atoms with Crippen LogP contribution < -0.4 is 15.4 Å². The zero-order valence-electron chi connectivity index (χ0n) is 14.7. The average Bonchev–Trinajstić information content (AvgIpc) is 3.35. The van der Waals surface area contributed by atoms with E-state index >= 15 is 0 Å². The maximum atomic E-state index is 12.2. The van der Waals surface area contributed by atoms with Gasteiger partial charge in [0.2, 0.25) is 0 Å². The summed E-state index contributed by atoms with van der Waals surface area (Å²) in [5, 5.41) is 15.2. The zero-order chi connectivity index (χ0) is 18.7. The van der Waals surface area contributed by atoms with Gasteiger partial charge in [0.05, 0.1) is 24.4 Å². The van der Waals surface area contributed by atoms with Crippen molar-refractivity contribution in [1.82, 2.24) is 10.2 Å². The number of amides is 2. The molecule has 8 heteroatoms. The summed E-state index contributed by atoms with van der Waals surface area (Å²) in [6.45, 7) is 0.912. The third kappa shape index (κ3) is 5.02. The van der Waals surface area contributed by atoms with Crippen molar-refractivity contribution in [3.05, 3.63) is 23.2 Å². The highest BCUT2D eigenvalue weighted by molar-refractivity contribution is 6.33. The van der Waals surface area contributed by atoms with Crippen LogP contribution in [0.5, 0.6) is 5.75 Å². The number of nitrogens with one attached hydrogen (secondary N) is 2. The summed E-state index contributed by atoms with van der Waals surface area (Å²) in [5.41, 5.74) is 0.487. The molecule has 0 bridgehead atoms. The van der Waals surface area contributed by atoms with E-state index in [2.05, 4.69) is 10.6 Å². The number of methoxy groups -OCH3 is 1. The van der Waals surface area contributed by atoms with E-state index in [9.17, 15) is 9.59 Å². The van der Waals surface area contributed by atoms with Crippen molar-refractivity contribution in [3.63, 3.8) is 0 Å². The van der Waals surface area contributed by atoms with Crippen LogP contribution >= 0.6 is 11.6 Å². The van der Waals surface area contributed by atoms with Crippen molar-refractivity contribution in [1.29, 1.82) is 0 Å². The fraction of sp³-hybridized carbons (Fsp3) is 0.556. The first-order valence-corrected chi connectivity index (χ1v) is 9.19. The molecular formula is C18H24ClN3O4. The van der Waals surface area contributed by atoms with Crippen molar-refractivity contribution >= 4 is 29.3 Å². The van der Waals surface area contributed by atoms with Gasteiger partial charge in [-0.25, -0.2) is 4.79 Å². The highest BCUT2D eigenvalue weighted by Gasteiger charge is 2.37. The molecule has 1 aromatic rings. The van der Waals surface area contributed by atoms with Gasteiger partial charge < -0.3 is 20.5 Å². The lowest BCUT2D eigenvalue weighted by atomic mass is 9.85. The lowest BCUT2D eigenvalue weighted by Crippen LogP contribution is -2.55. The van der Waals surface area contributed by atoms with Crippen LogP contribution in [0.1, 0.15) is 25.7 Å². The first-order chi connectivity index (χ1) is 12.4. The van der Waals surface area contributed by atoms with Crippen LogP contribution in [0.4, 0.5) is 10.5 Å². The highest BCUT2D eigenvalue weighted by atomic mass is 35.5. The molecular weight excluding hydrogens is 358 g/mol. The first-order valence-electron chi connectivity index (χ1n) is 8.81. The van der Waals surface area contributed by atoms with Crippen LogP contribution in [-0.2, 0) is 4.79 Å². The molecule has 0 radical (unpaired) electrons. The molecule has 0 spiro atoms. The second-order valence-corrected chi connectivity index (χ2v) is 7.44. The molecule has 0 aliphatic heterocycles. The second kappa shape index (κ2) is 8.14. The molecule has 2 amide bonds. The van der Waals surface area contributed by atoms with Gasteiger partial charge in [-0.2, -0.15) is 0 Å². The number of halogens is 1. The van der Waals surface area contributed by atoms with E-state index in [4.69, 9.17) is 21.4 Å². The molecule has 0 unspecified atom stereocenters. The van der Waals surface area contributed by atoms with Gasteiger partial charge in [0.25, 0.3) is 0 Å². The Balaban J connectivity index is 1.47. The van der Waals surface area contributed by atoms with Crippen molar-refractivity contribution in [2.45, 2.75) is 37.8 Å². The average molecular weight is 382 g/mol. The van der Waals surface area contributed by atoms with Crippen molar-refractivity contribution < 1.29 is 19.4 Å². The standard InChI is InChI=1S/C18H24ClN3O4/c1-26-14-4-5-15(19)16(8-14)21-18(25)20-12-6-13(7-12)22(10-17(23)24)9-11-2-3-11/h4-5,8,11-13H,2-3,6-7,9-10H2,1H3,(H,23,24)(H2,20,21,25). The summed E-state index contributed by atoms with van der Waals surface area (Å²) >= 11 is 6.09. The Hall–Kier alpha value is -1.99. The van der Waals surface area contributed by atoms with Crippen LogP contribution in [-0.4, -0.2) is 54.3 Å². The number of benzene rings is 1. The predicted octanol–water partition coefficient (Wildman–Crippen LogP) is 2.80. The van der Waals surface area contributed by atoms with E-state index in [0.29, 0.717) is 22.4 Å². The van der Waals surface area contributed by atoms with Gasteiger partial charge in [0.1, 0.15) is 5.75 Å². The fourth-order valence-electron chi connectivity index (χ4n) is 3.22. The molecule has 7 nitrogen and oxygen atoms in total. The molecule has 0 atom stereocenters. The van der Waals surface area contributed by atoms with Crippen LogP contribution in [0, 0.1) is 5.92 Å². The summed E-state index contributed by atoms with van der Waals surface area (Å²) in [7, 11) is 1.55. The molecule has 2 saturated carbocycles. The number of urea groups is 1. The number of hydrogen-bond acceptors (Lipinski definition) is 4. The molecule has 2 aliphatic carbocycles. The number of carbonyl (C=O) groups excluding carboxylic acids is 1.